The summed E-state index contributed by atoms with van der Waals surface area (Å²) in [6.45, 7) is 0.854. The van der Waals surface area contributed by atoms with Crippen molar-refractivity contribution in [3.8, 4) is 0 Å². The van der Waals surface area contributed by atoms with E-state index in [-0.39, 0.29) is 5.25 Å². The van der Waals surface area contributed by atoms with Crippen LogP contribution in [0.25, 0.3) is 0 Å². The summed E-state index contributed by atoms with van der Waals surface area (Å²) < 4.78 is 37.8. The van der Waals surface area contributed by atoms with Gasteiger partial charge in [0.1, 0.15) is 0 Å². The van der Waals surface area contributed by atoms with Crippen LogP contribution in [0.1, 0.15) is 22.8 Å². The van der Waals surface area contributed by atoms with E-state index in [2.05, 4.69) is 17.4 Å². The van der Waals surface area contributed by atoms with Crippen LogP contribution < -0.4 is 5.32 Å². The van der Waals surface area contributed by atoms with Crippen molar-refractivity contribution in [2.24, 2.45) is 0 Å². The van der Waals surface area contributed by atoms with Gasteiger partial charge in [0.2, 0.25) is 0 Å². The van der Waals surface area contributed by atoms with Gasteiger partial charge < -0.3 is 5.32 Å². The Labute approximate surface area is 132 Å². The van der Waals surface area contributed by atoms with Crippen LogP contribution in [0, 0.1) is 0 Å². The lowest BCUT2D eigenvalue weighted by atomic mass is 10.1. The Balaban J connectivity index is 2.13. The highest BCUT2D eigenvalue weighted by Crippen LogP contribution is 2.38. The van der Waals surface area contributed by atoms with Gasteiger partial charge >= 0.3 is 6.18 Å². The van der Waals surface area contributed by atoms with E-state index in [1.807, 2.05) is 25.2 Å². The van der Waals surface area contributed by atoms with E-state index >= 15 is 0 Å². The fourth-order valence-electron chi connectivity index (χ4n) is 2.12. The Morgan fingerprint density at radius 1 is 1.00 bits per heavy atom. The van der Waals surface area contributed by atoms with Gasteiger partial charge in [0.05, 0.1) is 5.56 Å². The average Bonchev–Trinajstić information content (AvgIpc) is 2.52. The normalized spacial score (nSPS) is 13.1. The molecule has 0 aliphatic rings. The van der Waals surface area contributed by atoms with Gasteiger partial charge in [-0.1, -0.05) is 30.3 Å². The van der Waals surface area contributed by atoms with Crippen LogP contribution in [-0.2, 0) is 6.18 Å². The molecule has 1 nitrogen and oxygen atoms in total. The molecular weight excluding hydrogens is 307 g/mol. The number of benzene rings is 2. The molecule has 0 aliphatic heterocycles. The number of rotatable bonds is 6. The van der Waals surface area contributed by atoms with Crippen molar-refractivity contribution < 1.29 is 13.2 Å². The molecule has 22 heavy (non-hydrogen) atoms. The topological polar surface area (TPSA) is 12.0 Å². The van der Waals surface area contributed by atoms with E-state index in [1.54, 1.807) is 23.9 Å². The van der Waals surface area contributed by atoms with E-state index < -0.39 is 11.7 Å². The zero-order valence-electron chi connectivity index (χ0n) is 12.2. The molecule has 0 saturated carbocycles. The van der Waals surface area contributed by atoms with E-state index in [0.717, 1.165) is 30.0 Å². The van der Waals surface area contributed by atoms with Crippen LogP contribution in [0.2, 0.25) is 0 Å². The lowest BCUT2D eigenvalue weighted by Crippen LogP contribution is -2.10. The highest BCUT2D eigenvalue weighted by atomic mass is 32.2. The second kappa shape index (κ2) is 7.70. The minimum Gasteiger partial charge on any atom is -0.320 e. The van der Waals surface area contributed by atoms with Gasteiger partial charge in [0.15, 0.2) is 0 Å². The quantitative estimate of drug-likeness (QED) is 0.737. The van der Waals surface area contributed by atoms with Gasteiger partial charge in [0, 0.05) is 10.1 Å². The Morgan fingerprint density at radius 3 is 2.18 bits per heavy atom. The molecule has 1 N–H and O–H groups in total. The Morgan fingerprint density at radius 2 is 1.64 bits per heavy atom. The van der Waals surface area contributed by atoms with Crippen LogP contribution in [-0.4, -0.2) is 13.6 Å². The van der Waals surface area contributed by atoms with Gasteiger partial charge in [-0.2, -0.15) is 13.2 Å². The fraction of sp³-hybridized carbons (Fsp3) is 0.294. The molecule has 0 bridgehead atoms. The predicted octanol–water partition coefficient (Wildman–Crippen LogP) is 5.15. The molecule has 0 amide bonds. The van der Waals surface area contributed by atoms with Crippen LogP contribution in [0.3, 0.4) is 0 Å². The molecular formula is C17H18F3NS. The maximum absolute atomic E-state index is 12.6. The second-order valence-electron chi connectivity index (χ2n) is 4.93. The molecule has 2 rings (SSSR count). The lowest BCUT2D eigenvalue weighted by Gasteiger charge is -2.17. The highest BCUT2D eigenvalue weighted by Gasteiger charge is 2.30. The molecule has 0 spiro atoms. The minimum atomic E-state index is -4.28. The first-order chi connectivity index (χ1) is 10.5. The first-order valence-corrected chi connectivity index (χ1v) is 7.92. The van der Waals surface area contributed by atoms with Crippen LogP contribution in [0.15, 0.2) is 59.5 Å². The van der Waals surface area contributed by atoms with Crippen LogP contribution in [0.5, 0.6) is 0 Å². The first kappa shape index (κ1) is 16.9. The summed E-state index contributed by atoms with van der Waals surface area (Å²) in [5.41, 5.74) is 0.575. The first-order valence-electron chi connectivity index (χ1n) is 7.04. The molecule has 1 unspecified atom stereocenters. The van der Waals surface area contributed by atoms with Crippen molar-refractivity contribution >= 4 is 11.8 Å². The molecule has 2 aromatic rings. The monoisotopic (exact) mass is 325 g/mol. The molecule has 0 saturated heterocycles. The largest absolute Gasteiger partial charge is 0.416 e. The van der Waals surface area contributed by atoms with E-state index in [1.165, 1.54) is 5.56 Å². The summed E-state index contributed by atoms with van der Waals surface area (Å²) in [7, 11) is 1.89. The number of alkyl halides is 3. The summed E-state index contributed by atoms with van der Waals surface area (Å²) in [4.78, 5) is 0.845. The molecule has 2 aromatic carbocycles. The Hall–Kier alpha value is -1.46. The van der Waals surface area contributed by atoms with Gasteiger partial charge in [0.25, 0.3) is 0 Å². The maximum Gasteiger partial charge on any atom is 0.416 e. The van der Waals surface area contributed by atoms with Crippen molar-refractivity contribution in [2.75, 3.05) is 13.6 Å². The second-order valence-corrected chi connectivity index (χ2v) is 6.21. The predicted molar refractivity (Wildman–Crippen MR) is 85.0 cm³/mol. The average molecular weight is 325 g/mol. The smallest absolute Gasteiger partial charge is 0.320 e. The van der Waals surface area contributed by atoms with Crippen molar-refractivity contribution in [2.45, 2.75) is 22.7 Å². The number of thioether (sulfide) groups is 1. The van der Waals surface area contributed by atoms with Crippen molar-refractivity contribution in [3.05, 3.63) is 65.7 Å². The molecule has 118 valence electrons. The Kier molecular flexibility index (Phi) is 5.91. The van der Waals surface area contributed by atoms with Gasteiger partial charge in [-0.25, -0.2) is 0 Å². The van der Waals surface area contributed by atoms with Crippen LogP contribution >= 0.6 is 11.8 Å². The highest BCUT2D eigenvalue weighted by molar-refractivity contribution is 7.99. The number of halogens is 3. The standard InChI is InChI=1S/C17H18F3NS/c1-21-12-11-16(13-5-3-2-4-6-13)22-15-9-7-14(8-10-15)17(18,19)20/h2-10,16,21H,11-12H2,1H3. The zero-order valence-corrected chi connectivity index (χ0v) is 13.0. The molecule has 1 atom stereocenters. The molecule has 0 radical (unpaired) electrons. The summed E-state index contributed by atoms with van der Waals surface area (Å²) in [6.07, 6.45) is -3.37. The summed E-state index contributed by atoms with van der Waals surface area (Å²) in [5.74, 6) is 0. The lowest BCUT2D eigenvalue weighted by molar-refractivity contribution is -0.137. The molecule has 5 heteroatoms. The van der Waals surface area contributed by atoms with Crippen LogP contribution in [0.4, 0.5) is 13.2 Å². The van der Waals surface area contributed by atoms with Crippen molar-refractivity contribution in [3.63, 3.8) is 0 Å². The molecule has 0 heterocycles. The number of hydrogen-bond acceptors (Lipinski definition) is 2. The fourth-order valence-corrected chi connectivity index (χ4v) is 3.27. The van der Waals surface area contributed by atoms with Gasteiger partial charge in [-0.15, -0.1) is 11.8 Å². The third kappa shape index (κ3) is 4.78. The minimum absolute atomic E-state index is 0.213. The maximum atomic E-state index is 12.6. The van der Waals surface area contributed by atoms with Crippen molar-refractivity contribution in [1.82, 2.24) is 5.32 Å². The summed E-state index contributed by atoms with van der Waals surface area (Å²) >= 11 is 1.59. The molecule has 0 aromatic heterocycles. The number of hydrogen-bond donors (Lipinski definition) is 1. The van der Waals surface area contributed by atoms with Gasteiger partial charge in [-0.3, -0.25) is 0 Å². The third-order valence-corrected chi connectivity index (χ3v) is 4.62. The third-order valence-electron chi connectivity index (χ3n) is 3.29. The molecule has 0 fully saturated rings. The van der Waals surface area contributed by atoms with Crippen molar-refractivity contribution in [1.29, 1.82) is 0 Å². The van der Waals surface area contributed by atoms with E-state index in [0.29, 0.717) is 0 Å². The zero-order chi connectivity index (χ0) is 16.0. The van der Waals surface area contributed by atoms with E-state index in [9.17, 15) is 13.2 Å². The van der Waals surface area contributed by atoms with E-state index in [4.69, 9.17) is 0 Å². The SMILES string of the molecule is CNCCC(Sc1ccc(C(F)(F)F)cc1)c1ccccc1. The summed E-state index contributed by atoms with van der Waals surface area (Å²) in [6, 6.07) is 15.4. The Bertz CT molecular complexity index is 567. The number of nitrogens with one attached hydrogen (secondary N) is 1. The molecule has 0 aliphatic carbocycles. The van der Waals surface area contributed by atoms with Gasteiger partial charge in [-0.05, 0) is 49.8 Å². The summed E-state index contributed by atoms with van der Waals surface area (Å²) in [5, 5.41) is 3.33.